The monoisotopic (exact) mass is 208 g/mol. The van der Waals surface area contributed by atoms with Crippen LogP contribution in [-0.4, -0.2) is 17.1 Å². The third-order valence-electron chi connectivity index (χ3n) is 2.86. The normalized spacial score (nSPS) is 25.2. The van der Waals surface area contributed by atoms with Crippen LogP contribution in [0.1, 0.15) is 26.0 Å². The lowest BCUT2D eigenvalue weighted by atomic mass is 10.0. The molecule has 2 N–H and O–H groups in total. The average molecular weight is 208 g/mol. The minimum Gasteiger partial charge on any atom is -0.484 e. The lowest BCUT2D eigenvalue weighted by molar-refractivity contribution is 0.0896. The molecule has 0 saturated heterocycles. The fourth-order valence-electron chi connectivity index (χ4n) is 1.68. The molecule has 0 spiro atoms. The van der Waals surface area contributed by atoms with Gasteiger partial charge in [-0.25, -0.2) is 0 Å². The summed E-state index contributed by atoms with van der Waals surface area (Å²) in [6, 6.07) is 3.25. The van der Waals surface area contributed by atoms with Crippen molar-refractivity contribution in [2.45, 2.75) is 32.4 Å². The van der Waals surface area contributed by atoms with Crippen molar-refractivity contribution in [1.82, 2.24) is 10.3 Å². The van der Waals surface area contributed by atoms with Gasteiger partial charge in [-0.05, 0) is 19.4 Å². The summed E-state index contributed by atoms with van der Waals surface area (Å²) in [5, 5.41) is 3.28. The molecule has 1 aliphatic heterocycles. The number of ether oxygens (including phenoxy) is 1. The van der Waals surface area contributed by atoms with Crippen molar-refractivity contribution in [3.8, 4) is 5.75 Å². The van der Waals surface area contributed by atoms with E-state index in [-0.39, 0.29) is 11.2 Å². The zero-order chi connectivity index (χ0) is 10.9. The van der Waals surface area contributed by atoms with Gasteiger partial charge in [0.1, 0.15) is 11.4 Å². The van der Waals surface area contributed by atoms with Gasteiger partial charge in [-0.3, -0.25) is 4.79 Å². The summed E-state index contributed by atoms with van der Waals surface area (Å²) in [6.07, 6.45) is 0.929. The number of H-pyrrole nitrogens is 1. The summed E-state index contributed by atoms with van der Waals surface area (Å²) in [4.78, 5) is 13.9. The molecule has 1 aromatic heterocycles. The number of aromatic nitrogens is 1. The van der Waals surface area contributed by atoms with E-state index in [4.69, 9.17) is 4.74 Å². The van der Waals surface area contributed by atoms with E-state index in [1.54, 1.807) is 6.07 Å². The third kappa shape index (κ3) is 2.04. The standard InChI is InChI=1S/C11H16N2O2/c1-3-11(2)7-12-6-8-9(15-11)4-5-10(14)13-8/h4-5,12H,3,6-7H2,1-2H3,(H,13,14)/t11-/m0/s1. The number of fused-ring (bicyclic) bond motifs is 1. The lowest BCUT2D eigenvalue weighted by Gasteiger charge is -2.27. The van der Waals surface area contributed by atoms with Crippen LogP contribution in [-0.2, 0) is 6.54 Å². The van der Waals surface area contributed by atoms with Gasteiger partial charge in [-0.15, -0.1) is 0 Å². The Hall–Kier alpha value is -1.29. The van der Waals surface area contributed by atoms with E-state index in [0.717, 1.165) is 24.4 Å². The molecule has 0 saturated carbocycles. The lowest BCUT2D eigenvalue weighted by Crippen LogP contribution is -2.40. The maximum Gasteiger partial charge on any atom is 0.248 e. The zero-order valence-corrected chi connectivity index (χ0v) is 9.09. The van der Waals surface area contributed by atoms with Gasteiger partial charge in [0.05, 0.1) is 5.69 Å². The number of aromatic amines is 1. The second-order valence-electron chi connectivity index (χ2n) is 4.17. The largest absolute Gasteiger partial charge is 0.484 e. The first-order valence-electron chi connectivity index (χ1n) is 5.25. The van der Waals surface area contributed by atoms with Crippen LogP contribution in [0.5, 0.6) is 5.75 Å². The van der Waals surface area contributed by atoms with E-state index < -0.39 is 0 Å². The van der Waals surface area contributed by atoms with Crippen molar-refractivity contribution in [3.63, 3.8) is 0 Å². The van der Waals surface area contributed by atoms with Gasteiger partial charge in [0.15, 0.2) is 0 Å². The first kappa shape index (κ1) is 10.2. The Balaban J connectivity index is 2.38. The second-order valence-corrected chi connectivity index (χ2v) is 4.17. The van der Waals surface area contributed by atoms with Crippen LogP contribution in [0.25, 0.3) is 0 Å². The van der Waals surface area contributed by atoms with Crippen molar-refractivity contribution < 1.29 is 4.74 Å². The van der Waals surface area contributed by atoms with Crippen molar-refractivity contribution in [1.29, 1.82) is 0 Å². The molecule has 82 valence electrons. The molecule has 0 radical (unpaired) electrons. The van der Waals surface area contributed by atoms with E-state index in [2.05, 4.69) is 24.1 Å². The van der Waals surface area contributed by atoms with Gasteiger partial charge in [0, 0.05) is 19.2 Å². The highest BCUT2D eigenvalue weighted by atomic mass is 16.5. The predicted molar refractivity (Wildman–Crippen MR) is 58.1 cm³/mol. The highest BCUT2D eigenvalue weighted by molar-refractivity contribution is 5.28. The summed E-state index contributed by atoms with van der Waals surface area (Å²) >= 11 is 0. The van der Waals surface area contributed by atoms with Gasteiger partial charge in [0.25, 0.3) is 0 Å². The minimum atomic E-state index is -0.191. The fourth-order valence-corrected chi connectivity index (χ4v) is 1.68. The summed E-state index contributed by atoms with van der Waals surface area (Å²) in [5.41, 5.74) is 0.558. The minimum absolute atomic E-state index is 0.0840. The van der Waals surface area contributed by atoms with Crippen LogP contribution >= 0.6 is 0 Å². The molecule has 0 amide bonds. The predicted octanol–water partition coefficient (Wildman–Crippen LogP) is 1.03. The molecule has 0 bridgehead atoms. The van der Waals surface area contributed by atoms with Crippen molar-refractivity contribution in [3.05, 3.63) is 28.2 Å². The number of nitrogens with one attached hydrogen (secondary N) is 2. The van der Waals surface area contributed by atoms with Crippen molar-refractivity contribution >= 4 is 0 Å². The first-order chi connectivity index (χ1) is 7.13. The molecule has 0 fully saturated rings. The second kappa shape index (κ2) is 3.70. The van der Waals surface area contributed by atoms with E-state index in [1.807, 2.05) is 0 Å². The molecule has 0 aromatic carbocycles. The molecule has 2 rings (SSSR count). The van der Waals surface area contributed by atoms with Gasteiger partial charge < -0.3 is 15.0 Å². The first-order valence-corrected chi connectivity index (χ1v) is 5.25. The third-order valence-corrected chi connectivity index (χ3v) is 2.86. The summed E-state index contributed by atoms with van der Waals surface area (Å²) < 4.78 is 5.92. The Morgan fingerprint density at radius 2 is 2.33 bits per heavy atom. The zero-order valence-electron chi connectivity index (χ0n) is 9.09. The van der Waals surface area contributed by atoms with Crippen molar-refractivity contribution in [2.24, 2.45) is 0 Å². The Morgan fingerprint density at radius 1 is 1.53 bits per heavy atom. The molecule has 4 nitrogen and oxygen atoms in total. The highest BCUT2D eigenvalue weighted by Gasteiger charge is 2.27. The number of rotatable bonds is 1. The molecule has 1 atom stereocenters. The van der Waals surface area contributed by atoms with E-state index in [1.165, 1.54) is 6.07 Å². The van der Waals surface area contributed by atoms with Crippen LogP contribution < -0.4 is 15.6 Å². The Labute approximate surface area is 88.7 Å². The van der Waals surface area contributed by atoms with Gasteiger partial charge in [-0.2, -0.15) is 0 Å². The van der Waals surface area contributed by atoms with Crippen LogP contribution in [0.4, 0.5) is 0 Å². The Bertz CT molecular complexity index is 413. The molecular formula is C11H16N2O2. The molecule has 0 unspecified atom stereocenters. The van der Waals surface area contributed by atoms with Crippen LogP contribution in [0.2, 0.25) is 0 Å². The highest BCUT2D eigenvalue weighted by Crippen LogP contribution is 2.25. The Morgan fingerprint density at radius 3 is 3.07 bits per heavy atom. The topological polar surface area (TPSA) is 54.1 Å². The van der Waals surface area contributed by atoms with Crippen LogP contribution in [0.3, 0.4) is 0 Å². The maximum atomic E-state index is 11.1. The molecule has 0 aliphatic carbocycles. The average Bonchev–Trinajstić information content (AvgIpc) is 2.37. The number of pyridine rings is 1. The van der Waals surface area contributed by atoms with E-state index in [9.17, 15) is 4.79 Å². The summed E-state index contributed by atoms with van der Waals surface area (Å²) in [6.45, 7) is 5.61. The van der Waals surface area contributed by atoms with Gasteiger partial charge >= 0.3 is 0 Å². The molecule has 1 aliphatic rings. The fraction of sp³-hybridized carbons (Fsp3) is 0.545. The van der Waals surface area contributed by atoms with E-state index >= 15 is 0 Å². The van der Waals surface area contributed by atoms with E-state index in [0.29, 0.717) is 6.54 Å². The van der Waals surface area contributed by atoms with Gasteiger partial charge in [0.2, 0.25) is 5.56 Å². The van der Waals surface area contributed by atoms with Gasteiger partial charge in [-0.1, -0.05) is 6.92 Å². The van der Waals surface area contributed by atoms with Crippen molar-refractivity contribution in [2.75, 3.05) is 6.54 Å². The number of hydrogen-bond acceptors (Lipinski definition) is 3. The Kier molecular flexibility index (Phi) is 2.52. The molecule has 1 aromatic rings. The molecule has 4 heteroatoms. The molecule has 15 heavy (non-hydrogen) atoms. The number of hydrogen-bond donors (Lipinski definition) is 2. The molecule has 2 heterocycles. The smallest absolute Gasteiger partial charge is 0.248 e. The molecular weight excluding hydrogens is 192 g/mol. The SMILES string of the molecule is CC[C@@]1(C)CNCc2[nH]c(=O)ccc2O1. The van der Waals surface area contributed by atoms with Crippen LogP contribution in [0, 0.1) is 0 Å². The summed E-state index contributed by atoms with van der Waals surface area (Å²) in [7, 11) is 0. The van der Waals surface area contributed by atoms with Crippen LogP contribution in [0.15, 0.2) is 16.9 Å². The summed E-state index contributed by atoms with van der Waals surface area (Å²) in [5.74, 6) is 0.781. The quantitative estimate of drug-likeness (QED) is 0.724. The maximum absolute atomic E-state index is 11.1.